The van der Waals surface area contributed by atoms with Crippen LogP contribution in [0.3, 0.4) is 0 Å². The molecule has 0 aromatic carbocycles. The van der Waals surface area contributed by atoms with Gasteiger partial charge in [-0.1, -0.05) is 142 Å². The Hall–Kier alpha value is -0.520. The van der Waals surface area contributed by atoms with Crippen LogP contribution in [-0.4, -0.2) is 110 Å². The first-order valence-electron chi connectivity index (χ1n) is 26.5. The molecule has 2 aliphatic rings. The topological polar surface area (TPSA) is 94.5 Å². The van der Waals surface area contributed by atoms with Gasteiger partial charge in [0.05, 0.1) is 33.0 Å². The second-order valence-corrected chi connectivity index (χ2v) is 21.2. The summed E-state index contributed by atoms with van der Waals surface area (Å²) in [7, 11) is 2.26. The van der Waals surface area contributed by atoms with Gasteiger partial charge in [-0.05, 0) is 94.6 Å². The first-order chi connectivity index (χ1) is 30.4. The largest absolute Gasteiger partial charge is 0.461 e. The molecule has 0 aromatic heterocycles. The van der Waals surface area contributed by atoms with Gasteiger partial charge in [-0.2, -0.15) is 23.5 Å². The summed E-state index contributed by atoms with van der Waals surface area (Å²) in [4.78, 5) is 28.2. The molecule has 0 radical (unpaired) electrons. The van der Waals surface area contributed by atoms with Crippen molar-refractivity contribution in [2.24, 2.45) is 11.8 Å². The highest BCUT2D eigenvalue weighted by Gasteiger charge is 2.21. The molecular weight excluding hydrogens is 815 g/mol. The fourth-order valence-corrected chi connectivity index (χ4v) is 11.5. The zero-order chi connectivity index (χ0) is 44.6. The predicted molar refractivity (Wildman–Crippen MR) is 266 cm³/mol. The molecule has 0 amide bonds. The van der Waals surface area contributed by atoms with Gasteiger partial charge in [-0.3, -0.25) is 9.59 Å². The maximum absolute atomic E-state index is 12.8. The summed E-state index contributed by atoms with van der Waals surface area (Å²) < 4.78 is 23.4. The van der Waals surface area contributed by atoms with Crippen molar-refractivity contribution in [1.82, 2.24) is 4.90 Å². The van der Waals surface area contributed by atoms with E-state index in [9.17, 15) is 9.59 Å². The lowest BCUT2D eigenvalue weighted by atomic mass is 9.86. The predicted octanol–water partition coefficient (Wildman–Crippen LogP) is 13.4. The number of carbonyl (C=O) groups excluding carboxylic acids is 2. The van der Waals surface area contributed by atoms with E-state index < -0.39 is 0 Å². The maximum Gasteiger partial charge on any atom is 0.306 e. The smallest absolute Gasteiger partial charge is 0.306 e. The number of hydrogen-bond acceptors (Lipinski definition) is 10. The summed E-state index contributed by atoms with van der Waals surface area (Å²) in [5.74, 6) is 5.64. The first kappa shape index (κ1) is 57.6. The van der Waals surface area contributed by atoms with Gasteiger partial charge >= 0.3 is 11.9 Å². The second kappa shape index (κ2) is 41.9. The Morgan fingerprint density at radius 2 is 1.00 bits per heavy atom. The minimum atomic E-state index is 0.0329. The number of hydrogen-bond donors (Lipinski definition) is 1. The maximum atomic E-state index is 12.8. The summed E-state index contributed by atoms with van der Waals surface area (Å²) in [5.41, 5.74) is 0. The molecule has 0 saturated heterocycles. The Balaban J connectivity index is 1.73. The van der Waals surface area contributed by atoms with Crippen LogP contribution in [0.2, 0.25) is 0 Å². The van der Waals surface area contributed by atoms with Gasteiger partial charge in [0.25, 0.3) is 0 Å². The Bertz CT molecular complexity index is 946. The number of rotatable bonds is 43. The monoisotopic (exact) mass is 914 g/mol. The average molecular weight is 914 g/mol. The van der Waals surface area contributed by atoms with Gasteiger partial charge in [0.1, 0.15) is 12.2 Å². The summed E-state index contributed by atoms with van der Waals surface area (Å²) in [6.45, 7) is 7.60. The lowest BCUT2D eigenvalue weighted by Crippen LogP contribution is -2.34. The summed E-state index contributed by atoms with van der Waals surface area (Å²) in [6, 6.07) is 0.547. The van der Waals surface area contributed by atoms with Crippen LogP contribution in [0.15, 0.2) is 0 Å². The lowest BCUT2D eigenvalue weighted by Gasteiger charge is -2.28. The average Bonchev–Trinajstić information content (AvgIpc) is 3.29. The Labute approximate surface area is 391 Å². The van der Waals surface area contributed by atoms with Crippen molar-refractivity contribution in [3.63, 3.8) is 0 Å². The minimum absolute atomic E-state index is 0.0329. The fraction of sp³-hybridized carbons (Fsp3) is 0.962. The SMILES string of the molecule is CCCCCCC(CSCCCCCC(CCCCCSCC(CCCCCC)OC(=O)CCC1CCCCC1)N(C)CCOCCOCCO)OC(=O)CCC1CCCCC1. The molecule has 10 heteroatoms. The van der Waals surface area contributed by atoms with Crippen LogP contribution in [-0.2, 0) is 28.5 Å². The summed E-state index contributed by atoms with van der Waals surface area (Å²) in [6.07, 6.45) is 38.1. The van der Waals surface area contributed by atoms with Crippen LogP contribution in [0, 0.1) is 11.8 Å². The molecule has 1 N–H and O–H groups in total. The van der Waals surface area contributed by atoms with Crippen LogP contribution in [0.25, 0.3) is 0 Å². The van der Waals surface area contributed by atoms with Crippen molar-refractivity contribution < 1.29 is 33.6 Å². The molecule has 62 heavy (non-hydrogen) atoms. The molecule has 2 atom stereocenters. The van der Waals surface area contributed by atoms with Gasteiger partial charge < -0.3 is 29.0 Å². The molecule has 2 rings (SSSR count). The van der Waals surface area contributed by atoms with E-state index in [1.165, 1.54) is 154 Å². The molecule has 0 bridgehead atoms. The van der Waals surface area contributed by atoms with Crippen LogP contribution in [0.4, 0.5) is 0 Å². The van der Waals surface area contributed by atoms with Gasteiger partial charge in [0.2, 0.25) is 0 Å². The third-order valence-electron chi connectivity index (χ3n) is 13.4. The molecule has 0 heterocycles. The molecule has 366 valence electrons. The van der Waals surface area contributed by atoms with Gasteiger partial charge in [0, 0.05) is 36.9 Å². The molecule has 0 aliphatic heterocycles. The van der Waals surface area contributed by atoms with Crippen molar-refractivity contribution in [3.05, 3.63) is 0 Å². The van der Waals surface area contributed by atoms with E-state index >= 15 is 0 Å². The molecule has 8 nitrogen and oxygen atoms in total. The Kier molecular flexibility index (Phi) is 38.9. The van der Waals surface area contributed by atoms with Crippen molar-refractivity contribution in [2.75, 3.05) is 69.6 Å². The molecule has 2 fully saturated rings. The number of aliphatic hydroxyl groups excluding tert-OH is 1. The Morgan fingerprint density at radius 3 is 1.45 bits per heavy atom. The third-order valence-corrected chi connectivity index (χ3v) is 15.8. The first-order valence-corrected chi connectivity index (χ1v) is 28.8. The van der Waals surface area contributed by atoms with Crippen LogP contribution in [0.5, 0.6) is 0 Å². The molecule has 2 saturated carbocycles. The van der Waals surface area contributed by atoms with Crippen molar-refractivity contribution in [2.45, 2.75) is 238 Å². The van der Waals surface area contributed by atoms with E-state index in [2.05, 4.69) is 25.8 Å². The van der Waals surface area contributed by atoms with Gasteiger partial charge in [0.15, 0.2) is 0 Å². The quantitative estimate of drug-likeness (QED) is 0.0471. The second-order valence-electron chi connectivity index (χ2n) is 18.9. The highest BCUT2D eigenvalue weighted by atomic mass is 32.2. The van der Waals surface area contributed by atoms with E-state index in [4.69, 9.17) is 24.1 Å². The van der Waals surface area contributed by atoms with Crippen LogP contribution >= 0.6 is 23.5 Å². The standard InChI is InChI=1S/C52H99NO7S2/c1-4-6-8-20-30-49(59-51(55)34-32-46-24-14-10-15-25-46)44-61-42-22-12-18-28-48(53(3)36-38-57-40-41-58-39-37-54)29-19-13-23-43-62-45-50(31-21-9-7-5-2)60-52(56)35-33-47-26-16-11-17-27-47/h46-50,54H,4-45H2,1-3H3. The van der Waals surface area contributed by atoms with Crippen molar-refractivity contribution >= 4 is 35.5 Å². The number of unbranched alkanes of at least 4 members (excludes halogenated alkanes) is 10. The highest BCUT2D eigenvalue weighted by molar-refractivity contribution is 7.99. The summed E-state index contributed by atoms with van der Waals surface area (Å²) in [5, 5.41) is 8.95. The van der Waals surface area contributed by atoms with Gasteiger partial charge in [-0.15, -0.1) is 0 Å². The minimum Gasteiger partial charge on any atom is -0.461 e. The Morgan fingerprint density at radius 1 is 0.565 bits per heavy atom. The van der Waals surface area contributed by atoms with E-state index in [-0.39, 0.29) is 30.8 Å². The zero-order valence-corrected chi connectivity index (χ0v) is 42.4. The summed E-state index contributed by atoms with van der Waals surface area (Å²) >= 11 is 3.97. The van der Waals surface area contributed by atoms with Crippen LogP contribution < -0.4 is 0 Å². The van der Waals surface area contributed by atoms with Crippen molar-refractivity contribution in [3.8, 4) is 0 Å². The highest BCUT2D eigenvalue weighted by Crippen LogP contribution is 2.29. The normalized spacial score (nSPS) is 16.7. The fourth-order valence-electron chi connectivity index (χ4n) is 9.35. The van der Waals surface area contributed by atoms with Gasteiger partial charge in [-0.25, -0.2) is 0 Å². The van der Waals surface area contributed by atoms with E-state index in [0.717, 1.165) is 79.9 Å². The number of esters is 2. The molecule has 2 aliphatic carbocycles. The molecule has 2 unspecified atom stereocenters. The number of aliphatic hydroxyl groups is 1. The number of thioether (sulfide) groups is 2. The third kappa shape index (κ3) is 33.0. The van der Waals surface area contributed by atoms with E-state index in [1.54, 1.807) is 0 Å². The number of nitrogens with zero attached hydrogens (tertiary/aromatic N) is 1. The van der Waals surface area contributed by atoms with Crippen molar-refractivity contribution in [1.29, 1.82) is 0 Å². The number of carbonyl (C=O) groups is 2. The molecule has 0 spiro atoms. The number of ether oxygens (including phenoxy) is 4. The molecular formula is C52H99NO7S2. The zero-order valence-electron chi connectivity index (χ0n) is 40.7. The van der Waals surface area contributed by atoms with Crippen LogP contribution in [0.1, 0.15) is 219 Å². The van der Waals surface area contributed by atoms with E-state index in [1.807, 2.05) is 23.5 Å². The van der Waals surface area contributed by atoms with E-state index in [0.29, 0.717) is 45.3 Å². The lowest BCUT2D eigenvalue weighted by molar-refractivity contribution is -0.149. The molecule has 0 aromatic rings. The number of likely N-dealkylation sites (N-methyl/N-ethyl adjacent to an activating group) is 1.